The van der Waals surface area contributed by atoms with Gasteiger partial charge in [0.25, 0.3) is 0 Å². The first kappa shape index (κ1) is 36.3. The van der Waals surface area contributed by atoms with E-state index in [1.165, 1.54) is 37.5 Å². The van der Waals surface area contributed by atoms with E-state index in [0.717, 1.165) is 61.2 Å². The van der Waals surface area contributed by atoms with E-state index in [0.29, 0.717) is 0 Å². The minimum absolute atomic E-state index is 0.988. The molecule has 11 aromatic rings. The quantitative estimate of drug-likeness (QED) is 0.136. The van der Waals surface area contributed by atoms with Crippen molar-refractivity contribution in [1.82, 2.24) is 4.98 Å². The summed E-state index contributed by atoms with van der Waals surface area (Å²) in [4.78, 5) is 10.2. The summed E-state index contributed by atoms with van der Waals surface area (Å²) in [5.41, 5.74) is 13.4. The number of nitrogens with zero attached hydrogens (tertiary/aromatic N) is 3. The van der Waals surface area contributed by atoms with Crippen molar-refractivity contribution in [2.75, 3.05) is 9.80 Å². The molecule has 0 amide bonds. The van der Waals surface area contributed by atoms with Gasteiger partial charge in [-0.15, -0.1) is 11.3 Å². The van der Waals surface area contributed by atoms with Crippen LogP contribution in [0.25, 0.3) is 64.6 Å². The van der Waals surface area contributed by atoms with Gasteiger partial charge in [0.15, 0.2) is 0 Å². The third-order valence-corrected chi connectivity index (χ3v) is 12.5. The average Bonchev–Trinajstić information content (AvgIpc) is 3.80. The molecular formula is C57H39N3S. The lowest BCUT2D eigenvalue weighted by Crippen LogP contribution is -2.10. The van der Waals surface area contributed by atoms with Crippen LogP contribution < -0.4 is 9.80 Å². The highest BCUT2D eigenvalue weighted by Crippen LogP contribution is 2.45. The molecule has 1 aromatic heterocycles. The highest BCUT2D eigenvalue weighted by atomic mass is 32.1. The smallest absolute Gasteiger partial charge is 0.124 e. The zero-order valence-corrected chi connectivity index (χ0v) is 34.1. The molecule has 11 rings (SSSR count). The van der Waals surface area contributed by atoms with Gasteiger partial charge in [-0.3, -0.25) is 0 Å². The molecule has 288 valence electrons. The third-order valence-electron chi connectivity index (χ3n) is 11.4. The summed E-state index contributed by atoms with van der Waals surface area (Å²) in [5, 5.41) is 5.78. The summed E-state index contributed by atoms with van der Waals surface area (Å²) in [7, 11) is 0. The lowest BCUT2D eigenvalue weighted by molar-refractivity contribution is 1.28. The topological polar surface area (TPSA) is 19.4 Å². The number of anilines is 6. The van der Waals surface area contributed by atoms with E-state index in [9.17, 15) is 0 Å². The maximum Gasteiger partial charge on any atom is 0.124 e. The highest BCUT2D eigenvalue weighted by Gasteiger charge is 2.20. The zero-order chi connectivity index (χ0) is 40.5. The summed E-state index contributed by atoms with van der Waals surface area (Å²) < 4.78 is 1.19. The van der Waals surface area contributed by atoms with Gasteiger partial charge in [0.1, 0.15) is 5.01 Å². The summed E-state index contributed by atoms with van der Waals surface area (Å²) in [5.74, 6) is 0. The molecule has 0 spiro atoms. The third kappa shape index (κ3) is 6.89. The van der Waals surface area contributed by atoms with Crippen LogP contribution >= 0.6 is 11.3 Å². The minimum Gasteiger partial charge on any atom is -0.310 e. The van der Waals surface area contributed by atoms with Crippen LogP contribution in [0.15, 0.2) is 237 Å². The molecule has 10 aromatic carbocycles. The van der Waals surface area contributed by atoms with Crippen molar-refractivity contribution in [3.8, 4) is 32.8 Å². The van der Waals surface area contributed by atoms with Gasteiger partial charge in [-0.1, -0.05) is 158 Å². The molecule has 0 bridgehead atoms. The standard InChI is InChI=1S/C57H39N3S/c1-5-18-40(19-6-1)41-20-15-21-42(36-41)43-22-16-30-48(37-43)60(47-28-11-4-12-29-47)49-31-17-23-44(38-49)57-58-55-54-39-50(34-35-52(54)51-32-13-14-33-53(51)56(55)61-57)59(45-24-7-2-8-25-45)46-26-9-3-10-27-46/h1-39H. The van der Waals surface area contributed by atoms with Crippen molar-refractivity contribution >= 4 is 77.2 Å². The van der Waals surface area contributed by atoms with Gasteiger partial charge < -0.3 is 9.80 Å². The largest absolute Gasteiger partial charge is 0.310 e. The maximum atomic E-state index is 5.52. The fraction of sp³-hybridized carbons (Fsp3) is 0. The number of aromatic nitrogens is 1. The van der Waals surface area contributed by atoms with Crippen LogP contribution in [0, 0.1) is 0 Å². The Labute approximate surface area is 359 Å². The Morgan fingerprint density at radius 3 is 1.31 bits per heavy atom. The molecule has 0 aliphatic heterocycles. The number of fused-ring (bicyclic) bond motifs is 6. The first-order valence-corrected chi connectivity index (χ1v) is 21.4. The molecule has 61 heavy (non-hydrogen) atoms. The second-order valence-corrected chi connectivity index (χ2v) is 16.2. The first-order chi connectivity index (χ1) is 30.2. The highest BCUT2D eigenvalue weighted by molar-refractivity contribution is 7.22. The van der Waals surface area contributed by atoms with Crippen molar-refractivity contribution in [1.29, 1.82) is 0 Å². The van der Waals surface area contributed by atoms with Gasteiger partial charge in [-0.05, 0) is 112 Å². The average molecular weight is 798 g/mol. The van der Waals surface area contributed by atoms with Crippen molar-refractivity contribution in [2.24, 2.45) is 0 Å². The Bertz CT molecular complexity index is 3270. The molecule has 0 unspecified atom stereocenters. The Balaban J connectivity index is 1.04. The first-order valence-electron chi connectivity index (χ1n) is 20.6. The molecular weight excluding hydrogens is 759 g/mol. The van der Waals surface area contributed by atoms with Crippen LogP contribution in [0.1, 0.15) is 0 Å². The van der Waals surface area contributed by atoms with E-state index in [1.807, 2.05) is 0 Å². The molecule has 4 heteroatoms. The van der Waals surface area contributed by atoms with E-state index in [2.05, 4.69) is 246 Å². The van der Waals surface area contributed by atoms with Crippen molar-refractivity contribution in [2.45, 2.75) is 0 Å². The SMILES string of the molecule is c1ccc(-c2cccc(-c3cccc(N(c4ccccc4)c4cccc(-c5nc6c7cc(N(c8ccccc8)c8ccccc8)ccc7c7ccccc7c6s5)c4)c3)c2)cc1. The summed E-state index contributed by atoms with van der Waals surface area (Å²) in [6.07, 6.45) is 0. The van der Waals surface area contributed by atoms with E-state index >= 15 is 0 Å². The van der Waals surface area contributed by atoms with Crippen LogP contribution in [0.4, 0.5) is 34.1 Å². The van der Waals surface area contributed by atoms with Gasteiger partial charge in [-0.25, -0.2) is 4.98 Å². The Kier molecular flexibility index (Phi) is 9.38. The molecule has 0 aliphatic rings. The van der Waals surface area contributed by atoms with Gasteiger partial charge >= 0.3 is 0 Å². The van der Waals surface area contributed by atoms with Gasteiger partial charge in [0, 0.05) is 50.5 Å². The van der Waals surface area contributed by atoms with Gasteiger partial charge in [-0.2, -0.15) is 0 Å². The van der Waals surface area contributed by atoms with Crippen LogP contribution in [0.5, 0.6) is 0 Å². The number of para-hydroxylation sites is 3. The molecule has 0 atom stereocenters. The normalized spacial score (nSPS) is 11.3. The Hall–Kier alpha value is -7.79. The van der Waals surface area contributed by atoms with Crippen molar-refractivity contribution in [3.63, 3.8) is 0 Å². The van der Waals surface area contributed by atoms with E-state index in [1.54, 1.807) is 11.3 Å². The number of rotatable bonds is 9. The number of hydrogen-bond donors (Lipinski definition) is 0. The second kappa shape index (κ2) is 15.8. The molecule has 0 saturated heterocycles. The summed E-state index contributed by atoms with van der Waals surface area (Å²) in [6.45, 7) is 0. The predicted molar refractivity (Wildman–Crippen MR) is 260 cm³/mol. The zero-order valence-electron chi connectivity index (χ0n) is 33.3. The van der Waals surface area contributed by atoms with E-state index < -0.39 is 0 Å². The monoisotopic (exact) mass is 797 g/mol. The maximum absolute atomic E-state index is 5.52. The molecule has 0 fully saturated rings. The van der Waals surface area contributed by atoms with Crippen molar-refractivity contribution in [3.05, 3.63) is 237 Å². The van der Waals surface area contributed by atoms with Crippen molar-refractivity contribution < 1.29 is 0 Å². The fourth-order valence-electron chi connectivity index (χ4n) is 8.56. The Morgan fingerprint density at radius 2 is 0.689 bits per heavy atom. The molecule has 3 nitrogen and oxygen atoms in total. The van der Waals surface area contributed by atoms with E-state index in [-0.39, 0.29) is 0 Å². The van der Waals surface area contributed by atoms with Crippen LogP contribution in [-0.2, 0) is 0 Å². The lowest BCUT2D eigenvalue weighted by atomic mass is 9.98. The van der Waals surface area contributed by atoms with Gasteiger partial charge in [0.05, 0.1) is 10.2 Å². The summed E-state index contributed by atoms with van der Waals surface area (Å²) >= 11 is 1.77. The van der Waals surface area contributed by atoms with Crippen LogP contribution in [0.2, 0.25) is 0 Å². The lowest BCUT2D eigenvalue weighted by Gasteiger charge is -2.26. The molecule has 1 heterocycles. The Morgan fingerprint density at radius 1 is 0.279 bits per heavy atom. The molecule has 0 N–H and O–H groups in total. The summed E-state index contributed by atoms with van der Waals surface area (Å²) in [6, 6.07) is 84.5. The fourth-order valence-corrected chi connectivity index (χ4v) is 9.68. The number of thiazole rings is 1. The molecule has 0 saturated carbocycles. The van der Waals surface area contributed by atoms with Gasteiger partial charge in [0.2, 0.25) is 0 Å². The van der Waals surface area contributed by atoms with E-state index in [4.69, 9.17) is 4.98 Å². The molecule has 0 aliphatic carbocycles. The number of hydrogen-bond acceptors (Lipinski definition) is 4. The van der Waals surface area contributed by atoms with Crippen LogP contribution in [-0.4, -0.2) is 4.98 Å². The predicted octanol–water partition coefficient (Wildman–Crippen LogP) is 16.5. The second-order valence-electron chi connectivity index (χ2n) is 15.2. The number of benzene rings is 10. The minimum atomic E-state index is 0.988. The molecule has 0 radical (unpaired) electrons. The van der Waals surface area contributed by atoms with Crippen LogP contribution in [0.3, 0.4) is 0 Å².